The molecule has 1 aromatic rings. The summed E-state index contributed by atoms with van der Waals surface area (Å²) >= 11 is 11.6. The Labute approximate surface area is 143 Å². The molecule has 8 heteroatoms. The molecule has 1 unspecified atom stereocenters. The van der Waals surface area contributed by atoms with Gasteiger partial charge in [-0.05, 0) is 17.7 Å². The zero-order chi connectivity index (χ0) is 16.6. The summed E-state index contributed by atoms with van der Waals surface area (Å²) in [6.45, 7) is 1.91. The molecular formula is C15H15Cl2N3O3. The van der Waals surface area contributed by atoms with E-state index in [-0.39, 0.29) is 22.5 Å². The first-order valence-electron chi connectivity index (χ1n) is 7.12. The van der Waals surface area contributed by atoms with Gasteiger partial charge in [-0.1, -0.05) is 35.3 Å². The first-order valence-corrected chi connectivity index (χ1v) is 7.88. The van der Waals surface area contributed by atoms with Crippen LogP contribution in [0, 0.1) is 0 Å². The molecule has 0 aliphatic carbocycles. The quantitative estimate of drug-likeness (QED) is 0.847. The number of benzene rings is 1. The van der Waals surface area contributed by atoms with E-state index in [0.29, 0.717) is 13.1 Å². The van der Waals surface area contributed by atoms with Gasteiger partial charge in [-0.15, -0.1) is 0 Å². The Balaban J connectivity index is 1.69. The summed E-state index contributed by atoms with van der Waals surface area (Å²) in [6.07, 6.45) is -1.21. The van der Waals surface area contributed by atoms with Crippen LogP contribution < -0.4 is 10.2 Å². The van der Waals surface area contributed by atoms with E-state index in [0.717, 1.165) is 17.8 Å². The van der Waals surface area contributed by atoms with Crippen molar-refractivity contribution in [3.63, 3.8) is 0 Å². The Morgan fingerprint density at radius 3 is 2.48 bits per heavy atom. The van der Waals surface area contributed by atoms with Crippen LogP contribution in [0.25, 0.3) is 0 Å². The Morgan fingerprint density at radius 2 is 1.91 bits per heavy atom. The second kappa shape index (κ2) is 6.39. The van der Waals surface area contributed by atoms with Crippen molar-refractivity contribution in [2.45, 2.75) is 12.8 Å². The summed E-state index contributed by atoms with van der Waals surface area (Å²) in [4.78, 5) is 26.5. The minimum absolute atomic E-state index is 0.00136. The molecule has 2 amide bonds. The highest BCUT2D eigenvalue weighted by molar-refractivity contribution is 6.49. The highest BCUT2D eigenvalue weighted by atomic mass is 35.5. The van der Waals surface area contributed by atoms with Gasteiger partial charge in [0.25, 0.3) is 5.91 Å². The number of carbonyl (C=O) groups excluding carboxylic acids is 2. The number of nitrogens with zero attached hydrogens (tertiary/aromatic N) is 2. The van der Waals surface area contributed by atoms with Crippen LogP contribution in [-0.4, -0.2) is 47.7 Å². The van der Waals surface area contributed by atoms with Crippen LogP contribution in [0.15, 0.2) is 34.3 Å². The SMILES string of the molecule is O=C1CN(c2ccc(CN3C(=O)C(Cl)=C(Cl)C3O)cc2)CCN1. The molecule has 2 aliphatic heterocycles. The lowest BCUT2D eigenvalue weighted by atomic mass is 10.1. The second-order valence-electron chi connectivity index (χ2n) is 5.41. The average Bonchev–Trinajstić information content (AvgIpc) is 2.73. The maximum atomic E-state index is 11.9. The summed E-state index contributed by atoms with van der Waals surface area (Å²) in [5, 5.41) is 12.5. The predicted molar refractivity (Wildman–Crippen MR) is 87.0 cm³/mol. The van der Waals surface area contributed by atoms with E-state index in [1.54, 1.807) is 0 Å². The number of anilines is 1. The molecule has 1 aromatic carbocycles. The van der Waals surface area contributed by atoms with Gasteiger partial charge >= 0.3 is 0 Å². The predicted octanol–water partition coefficient (Wildman–Crippen LogP) is 0.973. The summed E-state index contributed by atoms with van der Waals surface area (Å²) < 4.78 is 0. The molecule has 122 valence electrons. The molecule has 2 heterocycles. The van der Waals surface area contributed by atoms with Crippen molar-refractivity contribution >= 4 is 40.7 Å². The second-order valence-corrected chi connectivity index (χ2v) is 6.19. The number of hydrogen-bond acceptors (Lipinski definition) is 4. The minimum atomic E-state index is -1.21. The van der Waals surface area contributed by atoms with E-state index in [1.165, 1.54) is 4.90 Å². The lowest BCUT2D eigenvalue weighted by Crippen LogP contribution is -2.47. The first kappa shape index (κ1) is 16.1. The fraction of sp³-hybridized carbons (Fsp3) is 0.333. The topological polar surface area (TPSA) is 72.9 Å². The molecule has 0 aromatic heterocycles. The van der Waals surface area contributed by atoms with Gasteiger partial charge in [-0.2, -0.15) is 0 Å². The van der Waals surface area contributed by atoms with Gasteiger partial charge in [-0.25, -0.2) is 0 Å². The van der Waals surface area contributed by atoms with Crippen LogP contribution in [0.2, 0.25) is 0 Å². The van der Waals surface area contributed by atoms with Crippen LogP contribution in [0.3, 0.4) is 0 Å². The lowest BCUT2D eigenvalue weighted by Gasteiger charge is -2.29. The van der Waals surface area contributed by atoms with Gasteiger partial charge in [0.1, 0.15) is 5.03 Å². The smallest absolute Gasteiger partial charge is 0.269 e. The zero-order valence-electron chi connectivity index (χ0n) is 12.1. The van der Waals surface area contributed by atoms with E-state index in [4.69, 9.17) is 23.2 Å². The third-order valence-electron chi connectivity index (χ3n) is 3.87. The van der Waals surface area contributed by atoms with Crippen LogP contribution in [0.4, 0.5) is 5.69 Å². The first-order chi connectivity index (χ1) is 11.0. The molecule has 2 N–H and O–H groups in total. The fourth-order valence-corrected chi connectivity index (χ4v) is 3.02. The van der Waals surface area contributed by atoms with Crippen molar-refractivity contribution in [2.24, 2.45) is 0 Å². The monoisotopic (exact) mass is 355 g/mol. The van der Waals surface area contributed by atoms with Gasteiger partial charge < -0.3 is 20.2 Å². The Bertz CT molecular complexity index is 675. The number of aliphatic hydroxyl groups excluding tert-OH is 1. The van der Waals surface area contributed by atoms with E-state index >= 15 is 0 Å². The maximum absolute atomic E-state index is 11.9. The van der Waals surface area contributed by atoms with Gasteiger partial charge in [0.2, 0.25) is 5.91 Å². The highest BCUT2D eigenvalue weighted by Crippen LogP contribution is 2.31. The van der Waals surface area contributed by atoms with E-state index in [9.17, 15) is 14.7 Å². The number of nitrogens with one attached hydrogen (secondary N) is 1. The molecule has 3 rings (SSSR count). The molecule has 23 heavy (non-hydrogen) atoms. The van der Waals surface area contributed by atoms with Gasteiger partial charge in [0, 0.05) is 25.3 Å². The van der Waals surface area contributed by atoms with Crippen LogP contribution in [0.1, 0.15) is 5.56 Å². The molecule has 1 saturated heterocycles. The molecule has 6 nitrogen and oxygen atoms in total. The maximum Gasteiger partial charge on any atom is 0.269 e. The van der Waals surface area contributed by atoms with Gasteiger partial charge in [0.15, 0.2) is 6.23 Å². The zero-order valence-corrected chi connectivity index (χ0v) is 13.6. The minimum Gasteiger partial charge on any atom is -0.368 e. The van der Waals surface area contributed by atoms with Gasteiger partial charge in [-0.3, -0.25) is 9.59 Å². The third-order valence-corrected chi connectivity index (χ3v) is 4.72. The Hall–Kier alpha value is -1.76. The number of hydrogen-bond donors (Lipinski definition) is 2. The van der Waals surface area contributed by atoms with E-state index in [1.807, 2.05) is 29.2 Å². The van der Waals surface area contributed by atoms with Crippen LogP contribution >= 0.6 is 23.2 Å². The number of amides is 2. The standard InChI is InChI=1S/C15H15Cl2N3O3/c16-12-13(17)15(23)20(14(12)22)7-9-1-3-10(4-2-9)19-6-5-18-11(21)8-19/h1-4,14,22H,5-8H2,(H,18,21). The lowest BCUT2D eigenvalue weighted by molar-refractivity contribution is -0.132. The summed E-state index contributed by atoms with van der Waals surface area (Å²) in [6, 6.07) is 7.47. The highest BCUT2D eigenvalue weighted by Gasteiger charge is 2.36. The molecule has 0 bridgehead atoms. The summed E-state index contributed by atoms with van der Waals surface area (Å²) in [7, 11) is 0. The van der Waals surface area contributed by atoms with Crippen molar-refractivity contribution in [1.29, 1.82) is 0 Å². The average molecular weight is 356 g/mol. The summed E-state index contributed by atoms with van der Waals surface area (Å²) in [5.74, 6) is -0.484. The molecule has 1 fully saturated rings. The normalized spacial score (nSPS) is 22.0. The summed E-state index contributed by atoms with van der Waals surface area (Å²) in [5.41, 5.74) is 1.77. The largest absolute Gasteiger partial charge is 0.368 e. The van der Waals surface area contributed by atoms with Crippen molar-refractivity contribution in [2.75, 3.05) is 24.5 Å². The van der Waals surface area contributed by atoms with Gasteiger partial charge in [0.05, 0.1) is 11.6 Å². The van der Waals surface area contributed by atoms with Crippen molar-refractivity contribution in [3.8, 4) is 0 Å². The number of carbonyl (C=O) groups is 2. The number of halogens is 2. The van der Waals surface area contributed by atoms with Crippen LogP contribution in [-0.2, 0) is 16.1 Å². The molecule has 0 spiro atoms. The number of piperazine rings is 1. The van der Waals surface area contributed by atoms with Crippen molar-refractivity contribution < 1.29 is 14.7 Å². The van der Waals surface area contributed by atoms with E-state index < -0.39 is 12.1 Å². The molecule has 0 saturated carbocycles. The third kappa shape index (κ3) is 3.15. The molecule has 1 atom stereocenters. The number of aliphatic hydroxyl groups is 1. The molecular weight excluding hydrogens is 341 g/mol. The van der Waals surface area contributed by atoms with Crippen molar-refractivity contribution in [3.05, 3.63) is 39.9 Å². The molecule has 0 radical (unpaired) electrons. The molecule has 2 aliphatic rings. The Morgan fingerprint density at radius 1 is 1.22 bits per heavy atom. The van der Waals surface area contributed by atoms with Crippen LogP contribution in [0.5, 0.6) is 0 Å². The van der Waals surface area contributed by atoms with E-state index in [2.05, 4.69) is 5.32 Å². The Kier molecular flexibility index (Phi) is 4.48. The van der Waals surface area contributed by atoms with Crippen molar-refractivity contribution in [1.82, 2.24) is 10.2 Å². The number of rotatable bonds is 3. The fourth-order valence-electron chi connectivity index (χ4n) is 2.62.